The second-order valence-electron chi connectivity index (χ2n) is 6.85. The van der Waals surface area contributed by atoms with E-state index in [1.54, 1.807) is 10.7 Å². The number of para-hydroxylation sites is 2. The predicted octanol–water partition coefficient (Wildman–Crippen LogP) is 1.89. The minimum absolute atomic E-state index is 0.0137. The number of carbonyl (C=O) groups excluding carboxylic acids is 1. The van der Waals surface area contributed by atoms with Gasteiger partial charge in [0.05, 0.1) is 28.8 Å². The molecule has 1 saturated heterocycles. The molecule has 1 unspecified atom stereocenters. The number of piperazine rings is 1. The van der Waals surface area contributed by atoms with Crippen LogP contribution in [0.2, 0.25) is 0 Å². The molecule has 0 spiro atoms. The predicted molar refractivity (Wildman–Crippen MR) is 103 cm³/mol. The van der Waals surface area contributed by atoms with Gasteiger partial charge in [0.25, 0.3) is 0 Å². The molecule has 1 aliphatic rings. The smallest absolute Gasteiger partial charge is 0.241 e. The number of anilines is 2. The summed E-state index contributed by atoms with van der Waals surface area (Å²) < 4.78 is 1.78. The zero-order chi connectivity index (χ0) is 18.8. The lowest BCUT2D eigenvalue weighted by molar-refractivity contribution is -0.120. The highest BCUT2D eigenvalue weighted by atomic mass is 16.3. The molecule has 7 nitrogen and oxygen atoms in total. The second kappa shape index (κ2) is 7.37. The molecule has 1 aromatic heterocycles. The van der Waals surface area contributed by atoms with Gasteiger partial charge in [-0.05, 0) is 32.9 Å². The molecule has 1 atom stereocenters. The third kappa shape index (κ3) is 3.53. The van der Waals surface area contributed by atoms with Crippen molar-refractivity contribution in [2.75, 3.05) is 36.4 Å². The zero-order valence-electron chi connectivity index (χ0n) is 15.9. The molecule has 3 rings (SSSR count). The van der Waals surface area contributed by atoms with Gasteiger partial charge in [0.15, 0.2) is 0 Å². The summed E-state index contributed by atoms with van der Waals surface area (Å²) >= 11 is 0. The fourth-order valence-electron chi connectivity index (χ4n) is 3.43. The normalized spacial score (nSPS) is 16.5. The molecule has 26 heavy (non-hydrogen) atoms. The van der Waals surface area contributed by atoms with Gasteiger partial charge in [-0.3, -0.25) is 14.4 Å². The Kier molecular flexibility index (Phi) is 5.18. The highest BCUT2D eigenvalue weighted by molar-refractivity contribution is 5.95. The van der Waals surface area contributed by atoms with Crippen LogP contribution in [0.15, 0.2) is 24.3 Å². The van der Waals surface area contributed by atoms with Gasteiger partial charge < -0.3 is 15.3 Å². The van der Waals surface area contributed by atoms with E-state index in [0.29, 0.717) is 5.75 Å². The molecule has 2 heterocycles. The van der Waals surface area contributed by atoms with Crippen LogP contribution < -0.4 is 10.2 Å². The minimum Gasteiger partial charge on any atom is -0.506 e. The largest absolute Gasteiger partial charge is 0.506 e. The summed E-state index contributed by atoms with van der Waals surface area (Å²) in [7, 11) is 1.87. The maximum atomic E-state index is 12.7. The van der Waals surface area contributed by atoms with E-state index in [4.69, 9.17) is 0 Å². The molecule has 7 heteroatoms. The standard InChI is InChI=1S/C19H27N5O2/c1-13-18(14(2)22(4)21-13)20-19(26)15(3)23-9-11-24(12-10-23)16-7-5-6-8-17(16)25/h5-8,15,25H,9-12H2,1-4H3,(H,20,26). The summed E-state index contributed by atoms with van der Waals surface area (Å²) in [5.41, 5.74) is 3.44. The molecule has 2 N–H and O–H groups in total. The van der Waals surface area contributed by atoms with Crippen molar-refractivity contribution in [2.45, 2.75) is 26.8 Å². The van der Waals surface area contributed by atoms with E-state index in [1.807, 2.05) is 46.0 Å². The van der Waals surface area contributed by atoms with Crippen LogP contribution in [-0.4, -0.2) is 57.9 Å². The monoisotopic (exact) mass is 357 g/mol. The highest BCUT2D eigenvalue weighted by Gasteiger charge is 2.27. The van der Waals surface area contributed by atoms with Gasteiger partial charge in [0, 0.05) is 33.2 Å². The van der Waals surface area contributed by atoms with Crippen LogP contribution in [0, 0.1) is 13.8 Å². The van der Waals surface area contributed by atoms with Gasteiger partial charge in [-0.2, -0.15) is 5.10 Å². The molecular weight excluding hydrogens is 330 g/mol. The van der Waals surface area contributed by atoms with Crippen LogP contribution >= 0.6 is 0 Å². The van der Waals surface area contributed by atoms with E-state index in [-0.39, 0.29) is 11.9 Å². The Morgan fingerprint density at radius 1 is 1.19 bits per heavy atom. The van der Waals surface area contributed by atoms with Gasteiger partial charge in [-0.1, -0.05) is 12.1 Å². The number of amides is 1. The number of aryl methyl sites for hydroxylation is 2. The Morgan fingerprint density at radius 3 is 2.42 bits per heavy atom. The number of nitrogens with one attached hydrogen (secondary N) is 1. The first-order valence-electron chi connectivity index (χ1n) is 8.96. The molecule has 1 fully saturated rings. The number of aromatic hydroxyl groups is 1. The van der Waals surface area contributed by atoms with Crippen LogP contribution in [0.3, 0.4) is 0 Å². The third-order valence-electron chi connectivity index (χ3n) is 5.22. The molecule has 0 bridgehead atoms. The molecule has 140 valence electrons. The number of rotatable bonds is 4. The lowest BCUT2D eigenvalue weighted by atomic mass is 10.2. The number of aromatic nitrogens is 2. The van der Waals surface area contributed by atoms with Crippen molar-refractivity contribution >= 4 is 17.3 Å². The number of nitrogens with zero attached hydrogens (tertiary/aromatic N) is 4. The Hall–Kier alpha value is -2.54. The molecule has 2 aromatic rings. The zero-order valence-corrected chi connectivity index (χ0v) is 15.9. The lowest BCUT2D eigenvalue weighted by Crippen LogP contribution is -2.52. The fourth-order valence-corrected chi connectivity index (χ4v) is 3.43. The van der Waals surface area contributed by atoms with Gasteiger partial charge >= 0.3 is 0 Å². The molecular formula is C19H27N5O2. The van der Waals surface area contributed by atoms with Crippen LogP contribution in [0.5, 0.6) is 5.75 Å². The van der Waals surface area contributed by atoms with Crippen molar-refractivity contribution in [3.8, 4) is 5.75 Å². The molecule has 1 amide bonds. The summed E-state index contributed by atoms with van der Waals surface area (Å²) in [6.45, 7) is 8.89. The van der Waals surface area contributed by atoms with Crippen molar-refractivity contribution in [1.29, 1.82) is 0 Å². The number of hydrogen-bond donors (Lipinski definition) is 2. The minimum atomic E-state index is -0.222. The Labute approximate surface area is 154 Å². The van der Waals surface area contributed by atoms with E-state index in [2.05, 4.69) is 20.2 Å². The summed E-state index contributed by atoms with van der Waals surface area (Å²) in [5, 5.41) is 17.4. The van der Waals surface area contributed by atoms with Crippen molar-refractivity contribution in [2.24, 2.45) is 7.05 Å². The summed E-state index contributed by atoms with van der Waals surface area (Å²) in [6.07, 6.45) is 0. The van der Waals surface area contributed by atoms with Gasteiger partial charge in [0.1, 0.15) is 5.75 Å². The Balaban J connectivity index is 1.60. The van der Waals surface area contributed by atoms with Gasteiger partial charge in [-0.15, -0.1) is 0 Å². The third-order valence-corrected chi connectivity index (χ3v) is 5.22. The Bertz CT molecular complexity index is 793. The van der Waals surface area contributed by atoms with Crippen molar-refractivity contribution in [1.82, 2.24) is 14.7 Å². The van der Waals surface area contributed by atoms with Crippen LogP contribution in [0.25, 0.3) is 0 Å². The van der Waals surface area contributed by atoms with Crippen molar-refractivity contribution < 1.29 is 9.90 Å². The summed E-state index contributed by atoms with van der Waals surface area (Å²) in [5.74, 6) is 0.287. The van der Waals surface area contributed by atoms with Gasteiger partial charge in [0.2, 0.25) is 5.91 Å². The SMILES string of the molecule is Cc1nn(C)c(C)c1NC(=O)C(C)N1CCN(c2ccccc2O)CC1. The van der Waals surface area contributed by atoms with Gasteiger partial charge in [-0.25, -0.2) is 0 Å². The molecule has 1 aromatic carbocycles. The average molecular weight is 357 g/mol. The first kappa shape index (κ1) is 18.3. The van der Waals surface area contributed by atoms with E-state index in [1.165, 1.54) is 0 Å². The first-order valence-corrected chi connectivity index (χ1v) is 8.96. The Morgan fingerprint density at radius 2 is 1.85 bits per heavy atom. The van der Waals surface area contributed by atoms with Crippen LogP contribution in [0.4, 0.5) is 11.4 Å². The number of benzene rings is 1. The number of carbonyl (C=O) groups is 1. The van der Waals surface area contributed by atoms with Crippen LogP contribution in [-0.2, 0) is 11.8 Å². The summed E-state index contributed by atoms with van der Waals surface area (Å²) in [6, 6.07) is 7.16. The molecule has 0 saturated carbocycles. The average Bonchev–Trinajstić information content (AvgIpc) is 2.88. The van der Waals surface area contributed by atoms with Crippen molar-refractivity contribution in [3.05, 3.63) is 35.7 Å². The lowest BCUT2D eigenvalue weighted by Gasteiger charge is -2.38. The summed E-state index contributed by atoms with van der Waals surface area (Å²) in [4.78, 5) is 17.0. The van der Waals surface area contributed by atoms with E-state index >= 15 is 0 Å². The van der Waals surface area contributed by atoms with E-state index < -0.39 is 0 Å². The molecule has 0 radical (unpaired) electrons. The molecule has 1 aliphatic heterocycles. The maximum Gasteiger partial charge on any atom is 0.241 e. The number of hydrogen-bond acceptors (Lipinski definition) is 5. The maximum absolute atomic E-state index is 12.7. The quantitative estimate of drug-likeness (QED) is 0.874. The molecule has 0 aliphatic carbocycles. The first-order chi connectivity index (χ1) is 12.4. The van der Waals surface area contributed by atoms with Crippen LogP contribution in [0.1, 0.15) is 18.3 Å². The second-order valence-corrected chi connectivity index (χ2v) is 6.85. The highest BCUT2D eigenvalue weighted by Crippen LogP contribution is 2.27. The fraction of sp³-hybridized carbons (Fsp3) is 0.474. The number of phenols is 1. The number of phenolic OH excluding ortho intramolecular Hbond substituents is 1. The van der Waals surface area contributed by atoms with E-state index in [9.17, 15) is 9.90 Å². The van der Waals surface area contributed by atoms with Crippen molar-refractivity contribution in [3.63, 3.8) is 0 Å². The van der Waals surface area contributed by atoms with E-state index in [0.717, 1.165) is 48.9 Å². The topological polar surface area (TPSA) is 73.6 Å².